The van der Waals surface area contributed by atoms with Crippen LogP contribution >= 0.6 is 0 Å². The van der Waals surface area contributed by atoms with Crippen LogP contribution in [0.5, 0.6) is 0 Å². The maximum absolute atomic E-state index is 12.9. The Morgan fingerprint density at radius 3 is 2.17 bits per heavy atom. The summed E-state index contributed by atoms with van der Waals surface area (Å²) >= 11 is 0. The summed E-state index contributed by atoms with van der Waals surface area (Å²) in [6, 6.07) is 9.79. The molecule has 9 heteroatoms. The number of ether oxygens (including phenoxy) is 1. The van der Waals surface area contributed by atoms with Crippen LogP contribution in [-0.2, 0) is 20.7 Å². The highest BCUT2D eigenvalue weighted by Crippen LogP contribution is 2.23. The van der Waals surface area contributed by atoms with Crippen molar-refractivity contribution in [1.29, 1.82) is 0 Å². The number of amides is 2. The van der Waals surface area contributed by atoms with Crippen LogP contribution in [0.15, 0.2) is 48.5 Å². The number of nitrogens with one attached hydrogen (secondary N) is 1. The third-order valence-electron chi connectivity index (χ3n) is 4.07. The Kier molecular flexibility index (Phi) is 7.27. The van der Waals surface area contributed by atoms with E-state index in [0.29, 0.717) is 11.3 Å². The van der Waals surface area contributed by atoms with E-state index in [0.717, 1.165) is 12.0 Å². The molecule has 0 heterocycles. The van der Waals surface area contributed by atoms with Gasteiger partial charge in [0.15, 0.2) is 6.04 Å². The largest absolute Gasteiger partial charge is 0.480 e. The van der Waals surface area contributed by atoms with Crippen molar-refractivity contribution in [2.75, 3.05) is 17.3 Å². The smallest absolute Gasteiger partial charge is 0.414 e. The van der Waals surface area contributed by atoms with Gasteiger partial charge in [0.25, 0.3) is 0 Å². The number of aliphatic hydroxyl groups is 1. The lowest BCUT2D eigenvalue weighted by molar-refractivity contribution is -0.141. The number of hydrogen-bond acceptors (Lipinski definition) is 5. The predicted molar refractivity (Wildman–Crippen MR) is 103 cm³/mol. The number of benzene rings is 2. The number of hydrogen-bond donors (Lipinski definition) is 3. The number of carbonyl (C=O) groups excluding carboxylic acids is 2. The average Bonchev–Trinajstić information content (AvgIpc) is 2.67. The van der Waals surface area contributed by atoms with Gasteiger partial charge in [0.05, 0.1) is 19.6 Å². The molecule has 0 bridgehead atoms. The van der Waals surface area contributed by atoms with Gasteiger partial charge in [-0.1, -0.05) is 12.1 Å². The van der Waals surface area contributed by atoms with E-state index in [1.165, 1.54) is 55.5 Å². The predicted octanol–water partition coefficient (Wildman–Crippen LogP) is 2.41. The molecule has 8 nitrogen and oxygen atoms in total. The van der Waals surface area contributed by atoms with Crippen LogP contribution in [0, 0.1) is 5.82 Å². The molecule has 29 heavy (non-hydrogen) atoms. The van der Waals surface area contributed by atoms with Gasteiger partial charge in [-0.05, 0) is 48.9 Å². The van der Waals surface area contributed by atoms with Gasteiger partial charge in [0, 0.05) is 11.4 Å². The SMILES string of the molecule is COC(=O)N(c1ccc(NC(=O)Cc2ccc(F)cc2)cc1)[C@H](C(=O)O)C(C)O. The molecule has 0 aliphatic rings. The molecule has 1 unspecified atom stereocenters. The monoisotopic (exact) mass is 404 g/mol. The standard InChI is InChI=1S/C20H21FN2O6/c1-12(24)18(19(26)27)23(20(28)29-2)16-9-7-15(8-10-16)22-17(25)11-13-3-5-14(21)6-4-13/h3-10,12,18,24H,11H2,1-2H3,(H,22,25)(H,26,27)/t12?,18-/m0/s1. The minimum absolute atomic E-state index is 0.0411. The van der Waals surface area contributed by atoms with Gasteiger partial charge in [-0.3, -0.25) is 9.69 Å². The molecule has 0 spiro atoms. The number of methoxy groups -OCH3 is 1. The summed E-state index contributed by atoms with van der Waals surface area (Å²) in [5.74, 6) is -2.12. The molecular formula is C20H21FN2O6. The van der Waals surface area contributed by atoms with Crippen LogP contribution in [0.2, 0.25) is 0 Å². The Balaban J connectivity index is 2.15. The molecule has 2 atom stereocenters. The molecule has 154 valence electrons. The molecule has 0 fully saturated rings. The van der Waals surface area contributed by atoms with Crippen molar-refractivity contribution in [3.05, 3.63) is 59.9 Å². The van der Waals surface area contributed by atoms with E-state index in [2.05, 4.69) is 10.1 Å². The lowest BCUT2D eigenvalue weighted by Crippen LogP contribution is -2.51. The van der Waals surface area contributed by atoms with Gasteiger partial charge >= 0.3 is 12.1 Å². The molecule has 0 saturated carbocycles. The molecule has 2 rings (SSSR count). The first kappa shape index (κ1) is 21.8. The highest BCUT2D eigenvalue weighted by Gasteiger charge is 2.35. The van der Waals surface area contributed by atoms with Gasteiger partial charge in [-0.2, -0.15) is 0 Å². The topological polar surface area (TPSA) is 116 Å². The fraction of sp³-hybridized carbons (Fsp3) is 0.250. The van der Waals surface area contributed by atoms with Gasteiger partial charge in [-0.25, -0.2) is 14.0 Å². The first-order valence-corrected chi connectivity index (χ1v) is 8.65. The van der Waals surface area contributed by atoms with Gasteiger partial charge in [0.1, 0.15) is 5.82 Å². The van der Waals surface area contributed by atoms with Crippen LogP contribution in [0.4, 0.5) is 20.6 Å². The van der Waals surface area contributed by atoms with Crippen LogP contribution < -0.4 is 10.2 Å². The molecule has 0 radical (unpaired) electrons. The zero-order valence-electron chi connectivity index (χ0n) is 15.8. The number of anilines is 2. The Labute approximate surface area is 166 Å². The lowest BCUT2D eigenvalue weighted by atomic mass is 10.1. The number of carboxylic acid groups (broad SMARTS) is 1. The lowest BCUT2D eigenvalue weighted by Gasteiger charge is -2.29. The van der Waals surface area contributed by atoms with Crippen molar-refractivity contribution in [3.63, 3.8) is 0 Å². The highest BCUT2D eigenvalue weighted by atomic mass is 19.1. The number of carboxylic acids is 1. The van der Waals surface area contributed by atoms with E-state index in [9.17, 15) is 29.0 Å². The number of aliphatic carboxylic acids is 1. The maximum atomic E-state index is 12.9. The molecule has 3 N–H and O–H groups in total. The second kappa shape index (κ2) is 9.65. The zero-order chi connectivity index (χ0) is 21.6. The van der Waals surface area contributed by atoms with Crippen molar-refractivity contribution < 1.29 is 33.7 Å². The summed E-state index contributed by atoms with van der Waals surface area (Å²) in [7, 11) is 1.10. The third kappa shape index (κ3) is 5.76. The average molecular weight is 404 g/mol. The quantitative estimate of drug-likeness (QED) is 0.653. The van der Waals surface area contributed by atoms with Crippen molar-refractivity contribution >= 4 is 29.3 Å². The number of nitrogens with zero attached hydrogens (tertiary/aromatic N) is 1. The zero-order valence-corrected chi connectivity index (χ0v) is 15.8. The molecule has 0 saturated heterocycles. The molecule has 2 aromatic carbocycles. The summed E-state index contributed by atoms with van der Waals surface area (Å²) < 4.78 is 17.6. The van der Waals surface area contributed by atoms with E-state index in [-0.39, 0.29) is 18.0 Å². The van der Waals surface area contributed by atoms with E-state index >= 15 is 0 Å². The Morgan fingerprint density at radius 1 is 1.10 bits per heavy atom. The first-order chi connectivity index (χ1) is 13.7. The molecular weight excluding hydrogens is 383 g/mol. The van der Waals surface area contributed by atoms with E-state index in [1.54, 1.807) is 0 Å². The third-order valence-corrected chi connectivity index (χ3v) is 4.07. The highest BCUT2D eigenvalue weighted by molar-refractivity contribution is 5.96. The van der Waals surface area contributed by atoms with E-state index in [4.69, 9.17) is 0 Å². The summed E-state index contributed by atoms with van der Waals surface area (Å²) in [4.78, 5) is 36.5. The minimum atomic E-state index is -1.55. The fourth-order valence-corrected chi connectivity index (χ4v) is 2.71. The van der Waals surface area contributed by atoms with Crippen LogP contribution in [0.25, 0.3) is 0 Å². The van der Waals surface area contributed by atoms with Gasteiger partial charge in [-0.15, -0.1) is 0 Å². The Hall–Kier alpha value is -3.46. The Bertz CT molecular complexity index is 868. The molecule has 0 aliphatic heterocycles. The van der Waals surface area contributed by atoms with Gasteiger partial charge < -0.3 is 20.3 Å². The molecule has 2 amide bonds. The number of rotatable bonds is 7. The normalized spacial score (nSPS) is 12.6. The maximum Gasteiger partial charge on any atom is 0.414 e. The second-order valence-corrected chi connectivity index (χ2v) is 6.26. The van der Waals surface area contributed by atoms with Crippen molar-refractivity contribution in [2.24, 2.45) is 0 Å². The molecule has 0 aromatic heterocycles. The van der Waals surface area contributed by atoms with Gasteiger partial charge in [0.2, 0.25) is 5.91 Å². The molecule has 2 aromatic rings. The van der Waals surface area contributed by atoms with E-state index in [1.807, 2.05) is 0 Å². The summed E-state index contributed by atoms with van der Waals surface area (Å²) in [6.45, 7) is 1.25. The van der Waals surface area contributed by atoms with Crippen molar-refractivity contribution in [2.45, 2.75) is 25.5 Å². The minimum Gasteiger partial charge on any atom is -0.480 e. The van der Waals surface area contributed by atoms with Crippen LogP contribution in [-0.4, -0.2) is 47.4 Å². The summed E-state index contributed by atoms with van der Waals surface area (Å²) in [5, 5.41) is 21.8. The number of carbonyl (C=O) groups is 3. The number of halogens is 1. The first-order valence-electron chi connectivity index (χ1n) is 8.65. The van der Waals surface area contributed by atoms with Crippen molar-refractivity contribution in [3.8, 4) is 0 Å². The number of aliphatic hydroxyl groups excluding tert-OH is 1. The fourth-order valence-electron chi connectivity index (χ4n) is 2.71. The second-order valence-electron chi connectivity index (χ2n) is 6.26. The van der Waals surface area contributed by atoms with Crippen molar-refractivity contribution in [1.82, 2.24) is 0 Å². The van der Waals surface area contributed by atoms with Crippen LogP contribution in [0.1, 0.15) is 12.5 Å². The molecule has 0 aliphatic carbocycles. The Morgan fingerprint density at radius 2 is 1.69 bits per heavy atom. The van der Waals surface area contributed by atoms with Crippen LogP contribution in [0.3, 0.4) is 0 Å². The van der Waals surface area contributed by atoms with E-state index < -0.39 is 30.0 Å². The summed E-state index contributed by atoms with van der Waals surface area (Å²) in [6.07, 6.45) is -2.27. The summed E-state index contributed by atoms with van der Waals surface area (Å²) in [5.41, 5.74) is 1.22.